The van der Waals surface area contributed by atoms with E-state index in [1.807, 2.05) is 0 Å². The summed E-state index contributed by atoms with van der Waals surface area (Å²) in [6.07, 6.45) is 5.66. The average molecular weight is 522 g/mol. The van der Waals surface area contributed by atoms with Crippen molar-refractivity contribution in [3.8, 4) is 5.75 Å². The smallest absolute Gasteiger partial charge is 0.270 e. The summed E-state index contributed by atoms with van der Waals surface area (Å²) < 4.78 is 7.47. The maximum absolute atomic E-state index is 13.3. The molecule has 1 aromatic heterocycles. The molecule has 1 heterocycles. The van der Waals surface area contributed by atoms with Crippen molar-refractivity contribution >= 4 is 40.6 Å². The van der Waals surface area contributed by atoms with E-state index in [9.17, 15) is 9.59 Å². The minimum Gasteiger partial charge on any atom is -0.493 e. The fourth-order valence-corrected chi connectivity index (χ4v) is 4.52. The Balaban J connectivity index is 2.01. The molecule has 0 unspecified atom stereocenters. The lowest BCUT2D eigenvalue weighted by molar-refractivity contribution is 0.103. The number of rotatable bonds is 11. The molecule has 3 rings (SSSR count). The number of carbonyl (C=O) groups excluding carboxylic acids is 1. The molecular formula is C26H27Cl3N2O3. The van der Waals surface area contributed by atoms with E-state index < -0.39 is 0 Å². The summed E-state index contributed by atoms with van der Waals surface area (Å²) in [4.78, 5) is 26.2. The van der Waals surface area contributed by atoms with E-state index in [0.717, 1.165) is 31.2 Å². The number of carbonyl (C=O) groups is 1. The quantitative estimate of drug-likeness (QED) is 0.201. The predicted octanol–water partition coefficient (Wildman–Crippen LogP) is 7.00. The van der Waals surface area contributed by atoms with Crippen LogP contribution in [0.1, 0.15) is 66.6 Å². The van der Waals surface area contributed by atoms with E-state index in [4.69, 9.17) is 39.5 Å². The molecule has 0 atom stereocenters. The topological polar surface area (TPSA) is 61.2 Å². The molecule has 0 radical (unpaired) electrons. The molecule has 0 aliphatic carbocycles. The molecular weight excluding hydrogens is 495 g/mol. The van der Waals surface area contributed by atoms with Gasteiger partial charge in [0.25, 0.3) is 5.56 Å². The molecule has 2 aromatic carbocycles. The standard InChI is InChI=1S/C26H27Cl3N2O3/c1-3-5-11-31-26(33)18(9-10-30-31)14-19-13-17(7-8-23(19)34-12-6-4-2)25(32)24-21(28)15-20(27)16-22(24)29/h7-10,13,15-16H,3-6,11-12,14H2,1-2H3. The number of aromatic nitrogens is 2. The largest absolute Gasteiger partial charge is 0.493 e. The number of nitrogens with zero attached hydrogens (tertiary/aromatic N) is 2. The molecule has 0 N–H and O–H groups in total. The first-order valence-electron chi connectivity index (χ1n) is 11.4. The van der Waals surface area contributed by atoms with Gasteiger partial charge in [-0.3, -0.25) is 9.59 Å². The highest BCUT2D eigenvalue weighted by atomic mass is 35.5. The number of halogens is 3. The molecule has 8 heteroatoms. The molecule has 0 spiro atoms. The van der Waals surface area contributed by atoms with E-state index in [1.54, 1.807) is 30.5 Å². The zero-order valence-corrected chi connectivity index (χ0v) is 21.5. The van der Waals surface area contributed by atoms with Crippen LogP contribution in [-0.4, -0.2) is 22.2 Å². The molecule has 0 aliphatic heterocycles. The van der Waals surface area contributed by atoms with Gasteiger partial charge in [0.1, 0.15) is 5.75 Å². The first-order valence-corrected chi connectivity index (χ1v) is 12.5. The molecule has 0 amide bonds. The van der Waals surface area contributed by atoms with Crippen molar-refractivity contribution in [2.24, 2.45) is 0 Å². The number of hydrogen-bond donors (Lipinski definition) is 0. The lowest BCUT2D eigenvalue weighted by atomic mass is 9.97. The molecule has 0 saturated carbocycles. The van der Waals surface area contributed by atoms with Crippen LogP contribution in [0.2, 0.25) is 15.1 Å². The number of ketones is 1. The molecule has 3 aromatic rings. The van der Waals surface area contributed by atoms with Crippen LogP contribution in [0.25, 0.3) is 0 Å². The molecule has 0 fully saturated rings. The first-order chi connectivity index (χ1) is 16.3. The zero-order chi connectivity index (χ0) is 24.7. The van der Waals surface area contributed by atoms with Crippen LogP contribution in [0.4, 0.5) is 0 Å². The highest BCUT2D eigenvalue weighted by Crippen LogP contribution is 2.32. The maximum Gasteiger partial charge on any atom is 0.270 e. The maximum atomic E-state index is 13.3. The van der Waals surface area contributed by atoms with E-state index >= 15 is 0 Å². The summed E-state index contributed by atoms with van der Waals surface area (Å²) >= 11 is 18.6. The monoisotopic (exact) mass is 520 g/mol. The van der Waals surface area contributed by atoms with Crippen LogP contribution < -0.4 is 10.3 Å². The zero-order valence-electron chi connectivity index (χ0n) is 19.2. The second-order valence-corrected chi connectivity index (χ2v) is 9.26. The van der Waals surface area contributed by atoms with Crippen LogP contribution in [0.5, 0.6) is 5.75 Å². The Kier molecular flexibility index (Phi) is 9.57. The van der Waals surface area contributed by atoms with Gasteiger partial charge < -0.3 is 4.74 Å². The van der Waals surface area contributed by atoms with Crippen LogP contribution in [-0.2, 0) is 13.0 Å². The fraction of sp³-hybridized carbons (Fsp3) is 0.346. The summed E-state index contributed by atoms with van der Waals surface area (Å²) in [5.41, 5.74) is 1.75. The number of unbranched alkanes of at least 4 members (excludes halogenated alkanes) is 2. The van der Waals surface area contributed by atoms with Gasteiger partial charge in [0, 0.05) is 35.3 Å². The summed E-state index contributed by atoms with van der Waals surface area (Å²) in [6, 6.07) is 9.86. The fourth-order valence-electron chi connectivity index (χ4n) is 3.53. The SMILES string of the molecule is CCCCOc1ccc(C(=O)c2c(Cl)cc(Cl)cc2Cl)cc1Cc1ccnn(CCCC)c1=O. The molecule has 0 aliphatic rings. The average Bonchev–Trinajstić information content (AvgIpc) is 2.80. The van der Waals surface area contributed by atoms with Gasteiger partial charge >= 0.3 is 0 Å². The summed E-state index contributed by atoms with van der Waals surface area (Å²) in [7, 11) is 0. The van der Waals surface area contributed by atoms with Crippen molar-refractivity contribution in [1.29, 1.82) is 0 Å². The van der Waals surface area contributed by atoms with Crippen LogP contribution in [0.15, 0.2) is 47.4 Å². The number of aryl methyl sites for hydroxylation is 1. The van der Waals surface area contributed by atoms with Gasteiger partial charge in [-0.2, -0.15) is 5.10 Å². The van der Waals surface area contributed by atoms with E-state index in [-0.39, 0.29) is 27.0 Å². The van der Waals surface area contributed by atoms with Crippen molar-refractivity contribution in [3.63, 3.8) is 0 Å². The van der Waals surface area contributed by atoms with E-state index in [2.05, 4.69) is 18.9 Å². The van der Waals surface area contributed by atoms with Crippen LogP contribution >= 0.6 is 34.8 Å². The second-order valence-electron chi connectivity index (χ2n) is 8.01. The van der Waals surface area contributed by atoms with Crippen molar-refractivity contribution in [2.75, 3.05) is 6.61 Å². The van der Waals surface area contributed by atoms with Crippen molar-refractivity contribution in [3.05, 3.63) is 90.3 Å². The third kappa shape index (κ3) is 6.41. The van der Waals surface area contributed by atoms with Crippen molar-refractivity contribution < 1.29 is 9.53 Å². The van der Waals surface area contributed by atoms with Crippen LogP contribution in [0, 0.1) is 0 Å². The van der Waals surface area contributed by atoms with E-state index in [1.165, 1.54) is 16.8 Å². The number of benzene rings is 2. The number of ether oxygens (including phenoxy) is 1. The lowest BCUT2D eigenvalue weighted by Gasteiger charge is -2.14. The Hall–Kier alpha value is -2.34. The molecule has 0 saturated heterocycles. The van der Waals surface area contributed by atoms with Crippen LogP contribution in [0.3, 0.4) is 0 Å². The lowest BCUT2D eigenvalue weighted by Crippen LogP contribution is -2.26. The Morgan fingerprint density at radius 2 is 1.68 bits per heavy atom. The third-order valence-electron chi connectivity index (χ3n) is 5.41. The number of hydrogen-bond acceptors (Lipinski definition) is 4. The van der Waals surface area contributed by atoms with Gasteiger partial charge in [0.2, 0.25) is 0 Å². The Morgan fingerprint density at radius 1 is 0.971 bits per heavy atom. The van der Waals surface area contributed by atoms with Gasteiger partial charge in [-0.05, 0) is 54.8 Å². The minimum absolute atomic E-state index is 0.143. The molecule has 0 bridgehead atoms. The molecule has 5 nitrogen and oxygen atoms in total. The van der Waals surface area contributed by atoms with Crippen molar-refractivity contribution in [2.45, 2.75) is 52.5 Å². The normalized spacial score (nSPS) is 11.0. The summed E-state index contributed by atoms with van der Waals surface area (Å²) in [6.45, 7) is 5.26. The van der Waals surface area contributed by atoms with Crippen molar-refractivity contribution in [1.82, 2.24) is 9.78 Å². The van der Waals surface area contributed by atoms with Gasteiger partial charge in [0.15, 0.2) is 5.78 Å². The van der Waals surface area contributed by atoms with Gasteiger partial charge in [-0.1, -0.05) is 61.5 Å². The molecule has 34 heavy (non-hydrogen) atoms. The minimum atomic E-state index is -0.330. The van der Waals surface area contributed by atoms with Gasteiger partial charge in [0.05, 0.1) is 22.2 Å². The predicted molar refractivity (Wildman–Crippen MR) is 138 cm³/mol. The third-order valence-corrected chi connectivity index (χ3v) is 6.22. The highest BCUT2D eigenvalue weighted by molar-refractivity contribution is 6.43. The van der Waals surface area contributed by atoms with E-state index in [0.29, 0.717) is 41.5 Å². The Morgan fingerprint density at radius 3 is 2.35 bits per heavy atom. The van der Waals surface area contributed by atoms with Gasteiger partial charge in [-0.15, -0.1) is 0 Å². The first kappa shape index (κ1) is 26.3. The highest BCUT2D eigenvalue weighted by Gasteiger charge is 2.20. The summed E-state index contributed by atoms with van der Waals surface area (Å²) in [5, 5.41) is 4.90. The van der Waals surface area contributed by atoms with Gasteiger partial charge in [-0.25, -0.2) is 4.68 Å². The summed E-state index contributed by atoms with van der Waals surface area (Å²) in [5.74, 6) is 0.303. The Labute approximate surface area is 214 Å². The molecule has 180 valence electrons. The second kappa shape index (κ2) is 12.4. The Bertz CT molecular complexity index is 1200.